The smallest absolute Gasteiger partial charge is 0.118 e. The normalized spacial score (nSPS) is 9.95. The minimum atomic E-state index is 0. The Hall–Kier alpha value is -1.68. The maximum atomic E-state index is 5.15. The van der Waals surface area contributed by atoms with E-state index < -0.39 is 0 Å². The van der Waals surface area contributed by atoms with Crippen LogP contribution in [-0.2, 0) is 13.1 Å². The Morgan fingerprint density at radius 3 is 2.55 bits per heavy atom. The number of benzene rings is 1. The summed E-state index contributed by atoms with van der Waals surface area (Å²) in [5.41, 5.74) is 3.37. The predicted octanol–water partition coefficient (Wildman–Crippen LogP) is 3.64. The van der Waals surface area contributed by atoms with Crippen molar-refractivity contribution in [2.45, 2.75) is 33.4 Å². The van der Waals surface area contributed by atoms with Crippen LogP contribution in [0.2, 0.25) is 0 Å². The van der Waals surface area contributed by atoms with E-state index in [4.69, 9.17) is 4.74 Å². The quantitative estimate of drug-likeness (QED) is 0.884. The average Bonchev–Trinajstić information content (AvgIpc) is 2.78. The van der Waals surface area contributed by atoms with Crippen molar-refractivity contribution in [3.63, 3.8) is 0 Å². The van der Waals surface area contributed by atoms with Gasteiger partial charge in [0.25, 0.3) is 0 Å². The standard InChI is InChI=1S/C15H21N3O.ClH/c1-4-9-18-11-15(12(2)17-18)16-10-13-5-7-14(19-3)8-6-13;/h5-8,11,16H,4,9-10H2,1-3H3;1H. The molecule has 0 aliphatic heterocycles. The van der Waals surface area contributed by atoms with Gasteiger partial charge in [0.2, 0.25) is 0 Å². The van der Waals surface area contributed by atoms with E-state index in [0.29, 0.717) is 0 Å². The van der Waals surface area contributed by atoms with Gasteiger partial charge in [-0.25, -0.2) is 0 Å². The van der Waals surface area contributed by atoms with E-state index in [1.165, 1.54) is 5.56 Å². The predicted molar refractivity (Wildman–Crippen MR) is 84.8 cm³/mol. The van der Waals surface area contributed by atoms with E-state index >= 15 is 0 Å². The highest BCUT2D eigenvalue weighted by molar-refractivity contribution is 5.85. The van der Waals surface area contributed by atoms with Crippen LogP contribution in [0.4, 0.5) is 5.69 Å². The van der Waals surface area contributed by atoms with E-state index in [9.17, 15) is 0 Å². The number of rotatable bonds is 6. The topological polar surface area (TPSA) is 39.1 Å². The zero-order valence-corrected chi connectivity index (χ0v) is 13.0. The van der Waals surface area contributed by atoms with Gasteiger partial charge in [-0.15, -0.1) is 12.4 Å². The summed E-state index contributed by atoms with van der Waals surface area (Å²) in [5, 5.41) is 7.90. The number of anilines is 1. The van der Waals surface area contributed by atoms with Crippen molar-refractivity contribution in [3.05, 3.63) is 41.7 Å². The third-order valence-electron chi connectivity index (χ3n) is 3.04. The molecule has 0 saturated heterocycles. The fraction of sp³-hybridized carbons (Fsp3) is 0.400. The van der Waals surface area contributed by atoms with E-state index in [0.717, 1.165) is 36.6 Å². The van der Waals surface area contributed by atoms with Crippen molar-refractivity contribution in [2.24, 2.45) is 0 Å². The largest absolute Gasteiger partial charge is 0.497 e. The van der Waals surface area contributed by atoms with Gasteiger partial charge in [0, 0.05) is 19.3 Å². The van der Waals surface area contributed by atoms with Crippen LogP contribution in [-0.4, -0.2) is 16.9 Å². The molecule has 0 atom stereocenters. The van der Waals surface area contributed by atoms with Gasteiger partial charge in [-0.2, -0.15) is 5.10 Å². The van der Waals surface area contributed by atoms with Gasteiger partial charge in [-0.1, -0.05) is 19.1 Å². The fourth-order valence-corrected chi connectivity index (χ4v) is 1.98. The number of methoxy groups -OCH3 is 1. The van der Waals surface area contributed by atoms with Gasteiger partial charge >= 0.3 is 0 Å². The minimum Gasteiger partial charge on any atom is -0.497 e. The zero-order valence-electron chi connectivity index (χ0n) is 12.2. The molecule has 0 saturated carbocycles. The molecular weight excluding hydrogens is 274 g/mol. The Morgan fingerprint density at radius 1 is 1.25 bits per heavy atom. The first-order chi connectivity index (χ1) is 9.22. The molecule has 0 aliphatic rings. The van der Waals surface area contributed by atoms with Crippen LogP contribution in [0.5, 0.6) is 5.75 Å². The van der Waals surface area contributed by atoms with E-state index in [1.54, 1.807) is 7.11 Å². The molecule has 0 fully saturated rings. The number of nitrogens with one attached hydrogen (secondary N) is 1. The van der Waals surface area contributed by atoms with Crippen LogP contribution in [0.3, 0.4) is 0 Å². The van der Waals surface area contributed by atoms with Gasteiger partial charge in [0.15, 0.2) is 0 Å². The third-order valence-corrected chi connectivity index (χ3v) is 3.04. The molecule has 20 heavy (non-hydrogen) atoms. The lowest BCUT2D eigenvalue weighted by molar-refractivity contribution is 0.414. The van der Waals surface area contributed by atoms with Crippen molar-refractivity contribution >= 4 is 18.1 Å². The molecule has 1 aromatic heterocycles. The van der Waals surface area contributed by atoms with Crippen molar-refractivity contribution in [3.8, 4) is 5.75 Å². The Bertz CT molecular complexity index is 522. The van der Waals surface area contributed by atoms with Gasteiger partial charge in [0.1, 0.15) is 5.75 Å². The van der Waals surface area contributed by atoms with E-state index in [1.807, 2.05) is 23.7 Å². The Morgan fingerprint density at radius 2 is 1.95 bits per heavy atom. The first-order valence-corrected chi connectivity index (χ1v) is 6.63. The van der Waals surface area contributed by atoms with Gasteiger partial charge in [0.05, 0.1) is 18.5 Å². The van der Waals surface area contributed by atoms with Crippen molar-refractivity contribution in [1.82, 2.24) is 9.78 Å². The number of ether oxygens (including phenoxy) is 1. The number of aromatic nitrogens is 2. The molecule has 0 amide bonds. The zero-order chi connectivity index (χ0) is 13.7. The number of halogens is 1. The molecule has 0 unspecified atom stereocenters. The Kier molecular flexibility index (Phi) is 6.39. The molecule has 0 bridgehead atoms. The van der Waals surface area contributed by atoms with Crippen LogP contribution in [0.15, 0.2) is 30.5 Å². The Labute approximate surface area is 126 Å². The summed E-state index contributed by atoms with van der Waals surface area (Å²) in [7, 11) is 1.68. The number of nitrogens with zero attached hydrogens (tertiary/aromatic N) is 2. The average molecular weight is 296 g/mol. The molecule has 1 aromatic carbocycles. The SMILES string of the molecule is CCCn1cc(NCc2ccc(OC)cc2)c(C)n1.Cl. The second-order valence-electron chi connectivity index (χ2n) is 4.59. The first-order valence-electron chi connectivity index (χ1n) is 6.63. The molecule has 1 N–H and O–H groups in total. The Balaban J connectivity index is 0.00000200. The molecule has 1 heterocycles. The molecule has 110 valence electrons. The molecule has 4 nitrogen and oxygen atoms in total. The van der Waals surface area contributed by atoms with Crippen molar-refractivity contribution in [1.29, 1.82) is 0 Å². The van der Waals surface area contributed by atoms with E-state index in [-0.39, 0.29) is 12.4 Å². The van der Waals surface area contributed by atoms with Crippen LogP contribution in [0.1, 0.15) is 24.6 Å². The maximum absolute atomic E-state index is 5.15. The van der Waals surface area contributed by atoms with Crippen LogP contribution in [0.25, 0.3) is 0 Å². The highest BCUT2D eigenvalue weighted by atomic mass is 35.5. The second-order valence-corrected chi connectivity index (χ2v) is 4.59. The second kappa shape index (κ2) is 7.80. The van der Waals surface area contributed by atoms with Gasteiger partial charge in [-0.3, -0.25) is 4.68 Å². The summed E-state index contributed by atoms with van der Waals surface area (Å²) < 4.78 is 7.14. The molecular formula is C15H22ClN3O. The number of hydrogen-bond acceptors (Lipinski definition) is 3. The highest BCUT2D eigenvalue weighted by Crippen LogP contribution is 2.16. The van der Waals surface area contributed by atoms with Crippen LogP contribution < -0.4 is 10.1 Å². The monoisotopic (exact) mass is 295 g/mol. The molecule has 0 aliphatic carbocycles. The van der Waals surface area contributed by atoms with E-state index in [2.05, 4.69) is 35.7 Å². The summed E-state index contributed by atoms with van der Waals surface area (Å²) in [6.07, 6.45) is 3.17. The number of hydrogen-bond donors (Lipinski definition) is 1. The lowest BCUT2D eigenvalue weighted by Gasteiger charge is -2.06. The molecule has 2 aromatic rings. The minimum absolute atomic E-state index is 0. The van der Waals surface area contributed by atoms with Crippen LogP contribution in [0, 0.1) is 6.92 Å². The third kappa shape index (κ3) is 4.17. The number of aryl methyl sites for hydroxylation is 2. The highest BCUT2D eigenvalue weighted by Gasteiger charge is 2.04. The van der Waals surface area contributed by atoms with Crippen molar-refractivity contribution < 1.29 is 4.74 Å². The lowest BCUT2D eigenvalue weighted by Crippen LogP contribution is -1.99. The summed E-state index contributed by atoms with van der Waals surface area (Å²) in [5.74, 6) is 0.885. The first kappa shape index (κ1) is 16.4. The molecule has 0 spiro atoms. The summed E-state index contributed by atoms with van der Waals surface area (Å²) in [6, 6.07) is 8.09. The molecule has 2 rings (SSSR count). The maximum Gasteiger partial charge on any atom is 0.118 e. The van der Waals surface area contributed by atoms with Gasteiger partial charge < -0.3 is 10.1 Å². The molecule has 0 radical (unpaired) electrons. The summed E-state index contributed by atoms with van der Waals surface area (Å²) in [6.45, 7) is 5.94. The lowest BCUT2D eigenvalue weighted by atomic mass is 10.2. The van der Waals surface area contributed by atoms with Gasteiger partial charge in [-0.05, 0) is 31.0 Å². The van der Waals surface area contributed by atoms with Crippen LogP contribution >= 0.6 is 12.4 Å². The summed E-state index contributed by atoms with van der Waals surface area (Å²) in [4.78, 5) is 0. The molecule has 5 heteroatoms. The summed E-state index contributed by atoms with van der Waals surface area (Å²) >= 11 is 0. The fourth-order valence-electron chi connectivity index (χ4n) is 1.98. The van der Waals surface area contributed by atoms with Crippen molar-refractivity contribution in [2.75, 3.05) is 12.4 Å².